The Morgan fingerprint density at radius 2 is 2.11 bits per heavy atom. The molecule has 0 aliphatic heterocycles. The van der Waals surface area contributed by atoms with Crippen molar-refractivity contribution in [3.05, 3.63) is 29.6 Å². The van der Waals surface area contributed by atoms with Gasteiger partial charge in [-0.05, 0) is 25.5 Å². The predicted molar refractivity (Wildman–Crippen MR) is 72.2 cm³/mol. The van der Waals surface area contributed by atoms with Gasteiger partial charge < -0.3 is 15.8 Å². The molecule has 0 aliphatic carbocycles. The van der Waals surface area contributed by atoms with Crippen LogP contribution in [0.2, 0.25) is 0 Å². The molecule has 5 heteroatoms. The number of halogens is 1. The molecule has 106 valence electrons. The smallest absolute Gasteiger partial charge is 0.258 e. The first kappa shape index (κ1) is 15.4. The Morgan fingerprint density at radius 3 is 2.68 bits per heavy atom. The van der Waals surface area contributed by atoms with Gasteiger partial charge in [0, 0.05) is 12.1 Å². The van der Waals surface area contributed by atoms with Crippen LogP contribution < -0.4 is 15.8 Å². The summed E-state index contributed by atoms with van der Waals surface area (Å²) < 4.78 is 19.1. The molecule has 0 heterocycles. The van der Waals surface area contributed by atoms with Crippen LogP contribution in [0.25, 0.3) is 0 Å². The van der Waals surface area contributed by atoms with Gasteiger partial charge in [-0.1, -0.05) is 26.0 Å². The second-order valence-corrected chi connectivity index (χ2v) is 4.92. The van der Waals surface area contributed by atoms with E-state index in [1.54, 1.807) is 12.1 Å². The summed E-state index contributed by atoms with van der Waals surface area (Å²) in [4.78, 5) is 11.0. The lowest BCUT2D eigenvalue weighted by atomic mass is 10.1. The van der Waals surface area contributed by atoms with E-state index in [1.165, 1.54) is 13.0 Å². The summed E-state index contributed by atoms with van der Waals surface area (Å²) in [5.41, 5.74) is 5.80. The van der Waals surface area contributed by atoms with Gasteiger partial charge in [-0.2, -0.15) is 0 Å². The van der Waals surface area contributed by atoms with Crippen LogP contribution in [-0.4, -0.2) is 18.6 Å². The van der Waals surface area contributed by atoms with Crippen molar-refractivity contribution in [2.45, 2.75) is 33.4 Å². The van der Waals surface area contributed by atoms with E-state index in [4.69, 9.17) is 10.5 Å². The lowest BCUT2D eigenvalue weighted by Gasteiger charge is -2.16. The standard InChI is InChI=1S/C14H21FN2O2/c1-9(2)7-17-8-11-5-4-6-12(15)13(11)19-10(3)14(16)18/h4-6,9-10,17H,7-8H2,1-3H3,(H2,16,18). The van der Waals surface area contributed by atoms with Crippen LogP contribution in [0, 0.1) is 11.7 Å². The highest BCUT2D eigenvalue weighted by molar-refractivity contribution is 5.78. The highest BCUT2D eigenvalue weighted by Crippen LogP contribution is 2.23. The lowest BCUT2D eigenvalue weighted by molar-refractivity contribution is -0.124. The molecule has 1 aromatic carbocycles. The quantitative estimate of drug-likeness (QED) is 0.793. The maximum atomic E-state index is 13.8. The number of amides is 1. The Bertz CT molecular complexity index is 435. The van der Waals surface area contributed by atoms with Crippen molar-refractivity contribution in [1.29, 1.82) is 0 Å². The topological polar surface area (TPSA) is 64.3 Å². The zero-order valence-electron chi connectivity index (χ0n) is 11.6. The Morgan fingerprint density at radius 1 is 1.42 bits per heavy atom. The zero-order chi connectivity index (χ0) is 14.4. The molecule has 0 saturated heterocycles. The molecule has 4 nitrogen and oxygen atoms in total. The van der Waals surface area contributed by atoms with Crippen molar-refractivity contribution in [2.75, 3.05) is 6.54 Å². The van der Waals surface area contributed by atoms with E-state index in [2.05, 4.69) is 19.2 Å². The van der Waals surface area contributed by atoms with Crippen LogP contribution in [0.1, 0.15) is 26.3 Å². The third kappa shape index (κ3) is 4.87. The summed E-state index contributed by atoms with van der Waals surface area (Å²) in [6.45, 7) is 6.98. The Labute approximate surface area is 113 Å². The lowest BCUT2D eigenvalue weighted by Crippen LogP contribution is -2.31. The fourth-order valence-corrected chi connectivity index (χ4v) is 1.56. The molecule has 0 saturated carbocycles. The van der Waals surface area contributed by atoms with Crippen LogP contribution in [0.5, 0.6) is 5.75 Å². The van der Waals surface area contributed by atoms with Crippen LogP contribution in [0.15, 0.2) is 18.2 Å². The van der Waals surface area contributed by atoms with Crippen molar-refractivity contribution in [3.8, 4) is 5.75 Å². The number of hydrogen-bond donors (Lipinski definition) is 2. The second kappa shape index (κ2) is 7.09. The van der Waals surface area contributed by atoms with E-state index in [0.717, 1.165) is 6.54 Å². The summed E-state index contributed by atoms with van der Waals surface area (Å²) in [6, 6.07) is 4.68. The molecule has 0 bridgehead atoms. The van der Waals surface area contributed by atoms with Crippen molar-refractivity contribution in [1.82, 2.24) is 5.32 Å². The molecular formula is C14H21FN2O2. The number of rotatable bonds is 7. The highest BCUT2D eigenvalue weighted by Gasteiger charge is 2.16. The monoisotopic (exact) mass is 268 g/mol. The highest BCUT2D eigenvalue weighted by atomic mass is 19.1. The van der Waals surface area contributed by atoms with Gasteiger partial charge in [-0.25, -0.2) is 4.39 Å². The normalized spacial score (nSPS) is 12.5. The van der Waals surface area contributed by atoms with E-state index in [9.17, 15) is 9.18 Å². The molecule has 1 amide bonds. The van der Waals surface area contributed by atoms with Gasteiger partial charge in [-0.3, -0.25) is 4.79 Å². The number of benzene rings is 1. The van der Waals surface area contributed by atoms with Crippen molar-refractivity contribution < 1.29 is 13.9 Å². The molecule has 0 aliphatic rings. The largest absolute Gasteiger partial charge is 0.477 e. The number of nitrogens with one attached hydrogen (secondary N) is 1. The number of ether oxygens (including phenoxy) is 1. The third-order valence-corrected chi connectivity index (χ3v) is 2.61. The number of carbonyl (C=O) groups excluding carboxylic acids is 1. The summed E-state index contributed by atoms with van der Waals surface area (Å²) >= 11 is 0. The van der Waals surface area contributed by atoms with Crippen LogP contribution in [-0.2, 0) is 11.3 Å². The van der Waals surface area contributed by atoms with Crippen LogP contribution in [0.4, 0.5) is 4.39 Å². The predicted octanol–water partition coefficient (Wildman–Crippen LogP) is 1.82. The fourth-order valence-electron chi connectivity index (χ4n) is 1.56. The van der Waals surface area contributed by atoms with Crippen molar-refractivity contribution >= 4 is 5.91 Å². The van der Waals surface area contributed by atoms with E-state index in [1.807, 2.05) is 0 Å². The SMILES string of the molecule is CC(C)CNCc1cccc(F)c1OC(C)C(N)=O. The van der Waals surface area contributed by atoms with E-state index < -0.39 is 17.8 Å². The van der Waals surface area contributed by atoms with Gasteiger partial charge in [0.05, 0.1) is 0 Å². The summed E-state index contributed by atoms with van der Waals surface area (Å²) in [7, 11) is 0. The molecule has 19 heavy (non-hydrogen) atoms. The Balaban J connectivity index is 2.80. The third-order valence-electron chi connectivity index (χ3n) is 2.61. The van der Waals surface area contributed by atoms with Gasteiger partial charge in [0.15, 0.2) is 17.7 Å². The van der Waals surface area contributed by atoms with Gasteiger partial charge in [0.2, 0.25) is 0 Å². The second-order valence-electron chi connectivity index (χ2n) is 4.92. The minimum atomic E-state index is -0.860. The molecule has 1 atom stereocenters. The molecule has 0 radical (unpaired) electrons. The molecule has 1 aromatic rings. The molecule has 3 N–H and O–H groups in total. The average Bonchev–Trinajstić information content (AvgIpc) is 2.32. The molecule has 0 aromatic heterocycles. The van der Waals surface area contributed by atoms with Gasteiger partial charge in [0.25, 0.3) is 5.91 Å². The summed E-state index contributed by atoms with van der Waals surface area (Å²) in [5.74, 6) is -0.520. The van der Waals surface area contributed by atoms with Crippen molar-refractivity contribution in [2.24, 2.45) is 11.7 Å². The number of primary amides is 1. The van der Waals surface area contributed by atoms with Crippen LogP contribution in [0.3, 0.4) is 0 Å². The average molecular weight is 268 g/mol. The Hall–Kier alpha value is -1.62. The van der Waals surface area contributed by atoms with Crippen LogP contribution >= 0.6 is 0 Å². The van der Waals surface area contributed by atoms with Gasteiger partial charge in [0.1, 0.15) is 0 Å². The van der Waals surface area contributed by atoms with Crippen molar-refractivity contribution in [3.63, 3.8) is 0 Å². The number of nitrogens with two attached hydrogens (primary N) is 1. The van der Waals surface area contributed by atoms with Gasteiger partial charge in [-0.15, -0.1) is 0 Å². The van der Waals surface area contributed by atoms with Gasteiger partial charge >= 0.3 is 0 Å². The molecular weight excluding hydrogens is 247 g/mol. The zero-order valence-corrected chi connectivity index (χ0v) is 11.6. The fraction of sp³-hybridized carbons (Fsp3) is 0.500. The van der Waals surface area contributed by atoms with E-state index in [-0.39, 0.29) is 5.75 Å². The molecule has 0 fully saturated rings. The first-order valence-electron chi connectivity index (χ1n) is 6.36. The summed E-state index contributed by atoms with van der Waals surface area (Å²) in [6.07, 6.45) is -0.860. The molecule has 1 rings (SSSR count). The van der Waals surface area contributed by atoms with E-state index >= 15 is 0 Å². The minimum Gasteiger partial charge on any atom is -0.477 e. The van der Waals surface area contributed by atoms with E-state index in [0.29, 0.717) is 18.0 Å². The minimum absolute atomic E-state index is 0.0880. The Kier molecular flexibility index (Phi) is 5.76. The maximum Gasteiger partial charge on any atom is 0.258 e. The maximum absolute atomic E-state index is 13.8. The number of hydrogen-bond acceptors (Lipinski definition) is 3. The summed E-state index contributed by atoms with van der Waals surface area (Å²) in [5, 5.41) is 3.21. The first-order chi connectivity index (χ1) is 8.91. The molecule has 1 unspecified atom stereocenters. The first-order valence-corrected chi connectivity index (χ1v) is 6.36. The number of carbonyl (C=O) groups is 1. The number of para-hydroxylation sites is 1. The molecule has 0 spiro atoms.